The van der Waals surface area contributed by atoms with Crippen LogP contribution in [0.2, 0.25) is 0 Å². The fourth-order valence-corrected chi connectivity index (χ4v) is 3.43. The average molecular weight is 318 g/mol. The van der Waals surface area contributed by atoms with E-state index in [1.807, 2.05) is 6.07 Å². The Balaban J connectivity index is 1.41. The van der Waals surface area contributed by atoms with Gasteiger partial charge in [-0.1, -0.05) is 78.9 Å². The van der Waals surface area contributed by atoms with Crippen molar-refractivity contribution in [3.63, 3.8) is 0 Å². The summed E-state index contributed by atoms with van der Waals surface area (Å²) in [4.78, 5) is 0. The van der Waals surface area contributed by atoms with Gasteiger partial charge in [0.25, 0.3) is 0 Å². The molecule has 0 saturated carbocycles. The van der Waals surface area contributed by atoms with Crippen molar-refractivity contribution in [2.75, 3.05) is 13.2 Å². The SMILES string of the molecule is C(=C[C@@H]1CO[C@@H]2/C(=C/Cc3ccccc3)CO[C@H]12)c1ccccc1. The lowest BCUT2D eigenvalue weighted by atomic mass is 9.97. The molecule has 4 rings (SSSR count). The number of rotatable bonds is 4. The molecule has 0 radical (unpaired) electrons. The first-order chi connectivity index (χ1) is 11.9. The molecule has 0 aliphatic carbocycles. The van der Waals surface area contributed by atoms with E-state index < -0.39 is 0 Å². The van der Waals surface area contributed by atoms with Crippen molar-refractivity contribution in [1.82, 2.24) is 0 Å². The summed E-state index contributed by atoms with van der Waals surface area (Å²) >= 11 is 0. The van der Waals surface area contributed by atoms with E-state index in [4.69, 9.17) is 9.47 Å². The average Bonchev–Trinajstić information content (AvgIpc) is 3.22. The van der Waals surface area contributed by atoms with Gasteiger partial charge >= 0.3 is 0 Å². The Morgan fingerprint density at radius 3 is 2.46 bits per heavy atom. The largest absolute Gasteiger partial charge is 0.370 e. The lowest BCUT2D eigenvalue weighted by Crippen LogP contribution is -2.21. The second-order valence-corrected chi connectivity index (χ2v) is 6.43. The van der Waals surface area contributed by atoms with Crippen LogP contribution in [0.5, 0.6) is 0 Å². The van der Waals surface area contributed by atoms with Gasteiger partial charge in [-0.25, -0.2) is 0 Å². The number of benzene rings is 2. The topological polar surface area (TPSA) is 18.5 Å². The van der Waals surface area contributed by atoms with Crippen molar-refractivity contribution in [2.45, 2.75) is 18.6 Å². The van der Waals surface area contributed by atoms with E-state index in [1.54, 1.807) is 0 Å². The fourth-order valence-electron chi connectivity index (χ4n) is 3.43. The summed E-state index contributed by atoms with van der Waals surface area (Å²) in [5.74, 6) is 0.331. The summed E-state index contributed by atoms with van der Waals surface area (Å²) in [7, 11) is 0. The third-order valence-electron chi connectivity index (χ3n) is 4.77. The third kappa shape index (κ3) is 3.35. The quantitative estimate of drug-likeness (QED) is 0.783. The Morgan fingerprint density at radius 1 is 0.917 bits per heavy atom. The molecule has 2 saturated heterocycles. The molecule has 2 heteroatoms. The lowest BCUT2D eigenvalue weighted by Gasteiger charge is -2.11. The minimum absolute atomic E-state index is 0.124. The first kappa shape index (κ1) is 15.4. The number of ether oxygens (including phenoxy) is 2. The first-order valence-electron chi connectivity index (χ1n) is 8.59. The molecule has 0 N–H and O–H groups in total. The van der Waals surface area contributed by atoms with Crippen LogP contribution in [-0.2, 0) is 15.9 Å². The van der Waals surface area contributed by atoms with Gasteiger partial charge in [0.2, 0.25) is 0 Å². The van der Waals surface area contributed by atoms with Crippen LogP contribution in [0.3, 0.4) is 0 Å². The molecule has 2 aromatic carbocycles. The highest BCUT2D eigenvalue weighted by Crippen LogP contribution is 2.35. The monoisotopic (exact) mass is 318 g/mol. The zero-order valence-electron chi connectivity index (χ0n) is 13.7. The predicted octanol–water partition coefficient (Wildman–Crippen LogP) is 4.28. The number of hydrogen-bond donors (Lipinski definition) is 0. The highest BCUT2D eigenvalue weighted by molar-refractivity contribution is 5.49. The Bertz CT molecular complexity index is 718. The van der Waals surface area contributed by atoms with Gasteiger partial charge in [0, 0.05) is 5.92 Å². The summed E-state index contributed by atoms with van der Waals surface area (Å²) < 4.78 is 12.1. The maximum atomic E-state index is 6.03. The molecule has 2 fully saturated rings. The molecule has 2 nitrogen and oxygen atoms in total. The van der Waals surface area contributed by atoms with Crippen molar-refractivity contribution in [3.05, 3.63) is 89.5 Å². The van der Waals surface area contributed by atoms with Gasteiger partial charge in [0.1, 0.15) is 6.10 Å². The van der Waals surface area contributed by atoms with E-state index in [-0.39, 0.29) is 12.2 Å². The molecule has 0 amide bonds. The second-order valence-electron chi connectivity index (χ2n) is 6.43. The summed E-state index contributed by atoms with van der Waals surface area (Å²) in [6, 6.07) is 20.9. The maximum Gasteiger partial charge on any atom is 0.108 e. The second kappa shape index (κ2) is 7.16. The molecular weight excluding hydrogens is 296 g/mol. The normalized spacial score (nSPS) is 27.8. The number of fused-ring (bicyclic) bond motifs is 1. The van der Waals surface area contributed by atoms with Crippen molar-refractivity contribution in [1.29, 1.82) is 0 Å². The minimum Gasteiger partial charge on any atom is -0.370 e. The Morgan fingerprint density at radius 2 is 1.67 bits per heavy atom. The number of hydrogen-bond acceptors (Lipinski definition) is 2. The third-order valence-corrected chi connectivity index (χ3v) is 4.77. The minimum atomic E-state index is 0.124. The Labute approximate surface area is 143 Å². The van der Waals surface area contributed by atoms with Crippen molar-refractivity contribution in [3.8, 4) is 0 Å². The van der Waals surface area contributed by atoms with Crippen LogP contribution < -0.4 is 0 Å². The first-order valence-corrected chi connectivity index (χ1v) is 8.59. The smallest absolute Gasteiger partial charge is 0.108 e. The van der Waals surface area contributed by atoms with Crippen molar-refractivity contribution >= 4 is 6.08 Å². The fraction of sp³-hybridized carbons (Fsp3) is 0.273. The zero-order chi connectivity index (χ0) is 16.2. The van der Waals surface area contributed by atoms with Gasteiger partial charge in [-0.3, -0.25) is 0 Å². The van der Waals surface area contributed by atoms with Crippen LogP contribution in [-0.4, -0.2) is 25.4 Å². The summed E-state index contributed by atoms with van der Waals surface area (Å²) in [6.45, 7) is 1.43. The molecule has 2 aliphatic rings. The summed E-state index contributed by atoms with van der Waals surface area (Å²) in [5.41, 5.74) is 3.84. The highest BCUT2D eigenvalue weighted by Gasteiger charge is 2.43. The van der Waals surface area contributed by atoms with Gasteiger partial charge in [-0.05, 0) is 23.1 Å². The van der Waals surface area contributed by atoms with E-state index in [2.05, 4.69) is 72.8 Å². The molecule has 2 heterocycles. The van der Waals surface area contributed by atoms with Crippen LogP contribution in [0, 0.1) is 5.92 Å². The Hall–Kier alpha value is -2.16. The molecule has 0 aromatic heterocycles. The van der Waals surface area contributed by atoms with Crippen molar-refractivity contribution < 1.29 is 9.47 Å². The van der Waals surface area contributed by atoms with E-state index in [1.165, 1.54) is 16.7 Å². The summed E-state index contributed by atoms with van der Waals surface area (Å²) in [5, 5.41) is 0. The van der Waals surface area contributed by atoms with Crippen molar-refractivity contribution in [2.24, 2.45) is 5.92 Å². The van der Waals surface area contributed by atoms with Gasteiger partial charge in [0.15, 0.2) is 0 Å². The van der Waals surface area contributed by atoms with E-state index in [9.17, 15) is 0 Å². The van der Waals surface area contributed by atoms with Crippen LogP contribution in [0.1, 0.15) is 11.1 Å². The van der Waals surface area contributed by atoms with Gasteiger partial charge < -0.3 is 9.47 Å². The molecule has 3 atom stereocenters. The lowest BCUT2D eigenvalue weighted by molar-refractivity contribution is 0.0702. The molecule has 122 valence electrons. The van der Waals surface area contributed by atoms with Gasteiger partial charge in [-0.2, -0.15) is 0 Å². The summed E-state index contributed by atoms with van der Waals surface area (Å²) in [6.07, 6.45) is 7.91. The maximum absolute atomic E-state index is 6.03. The van der Waals surface area contributed by atoms with Crippen LogP contribution in [0.15, 0.2) is 78.4 Å². The van der Waals surface area contributed by atoms with Crippen LogP contribution >= 0.6 is 0 Å². The van der Waals surface area contributed by atoms with E-state index in [0.29, 0.717) is 12.5 Å². The van der Waals surface area contributed by atoms with Crippen LogP contribution in [0.25, 0.3) is 6.08 Å². The molecular formula is C22H22O2. The van der Waals surface area contributed by atoms with Crippen LogP contribution in [0.4, 0.5) is 0 Å². The Kier molecular flexibility index (Phi) is 4.59. The molecule has 0 unspecified atom stereocenters. The molecule has 0 spiro atoms. The van der Waals surface area contributed by atoms with E-state index >= 15 is 0 Å². The molecule has 24 heavy (non-hydrogen) atoms. The zero-order valence-corrected chi connectivity index (χ0v) is 13.7. The predicted molar refractivity (Wildman–Crippen MR) is 96.7 cm³/mol. The molecule has 2 aliphatic heterocycles. The number of allylic oxidation sites excluding steroid dienone is 1. The van der Waals surface area contributed by atoms with Gasteiger partial charge in [-0.15, -0.1) is 0 Å². The van der Waals surface area contributed by atoms with E-state index in [0.717, 1.165) is 13.0 Å². The van der Waals surface area contributed by atoms with Gasteiger partial charge in [0.05, 0.1) is 19.3 Å². The molecule has 2 aromatic rings. The molecule has 0 bridgehead atoms. The standard InChI is InChI=1S/C22H22O2/c1-3-7-17(8-4-1)11-13-19-15-23-22-20(16-24-21(19)22)14-12-18-9-5-2-6-10-18/h1-11,13-14,19,21-22H,12,15-16H2/b13-11?,20-14+/t19-,21-,22-/m1/s1. The highest BCUT2D eigenvalue weighted by atomic mass is 16.6.